The van der Waals surface area contributed by atoms with Gasteiger partial charge in [0.25, 0.3) is 0 Å². The van der Waals surface area contributed by atoms with Gasteiger partial charge in [-0.25, -0.2) is 4.79 Å². The zero-order valence-corrected chi connectivity index (χ0v) is 17.6. The van der Waals surface area contributed by atoms with Crippen molar-refractivity contribution >= 4 is 13.2 Å². The van der Waals surface area contributed by atoms with E-state index in [-0.39, 0.29) is 24.8 Å². The Morgan fingerprint density at radius 3 is 2.58 bits per heavy atom. The molecular weight excluding hydrogens is 329 g/mol. The van der Waals surface area contributed by atoms with Gasteiger partial charge in [0, 0.05) is 0 Å². The summed E-state index contributed by atoms with van der Waals surface area (Å²) in [6, 6.07) is 0. The fourth-order valence-corrected chi connectivity index (χ4v) is 5.23. The summed E-state index contributed by atoms with van der Waals surface area (Å²) in [5.74, 6) is 1.07. The van der Waals surface area contributed by atoms with Crippen LogP contribution in [0.4, 0.5) is 4.79 Å². The van der Waals surface area contributed by atoms with Gasteiger partial charge in [-0.2, -0.15) is 0 Å². The van der Waals surface area contributed by atoms with Gasteiger partial charge in [-0.15, -0.1) is 0 Å². The fourth-order valence-electron chi connectivity index (χ4n) is 5.23. The predicted molar refractivity (Wildman–Crippen MR) is 103 cm³/mol. The Morgan fingerprint density at radius 1 is 1.31 bits per heavy atom. The van der Waals surface area contributed by atoms with Crippen molar-refractivity contribution in [1.82, 2.24) is 5.32 Å². The van der Waals surface area contributed by atoms with Crippen LogP contribution in [-0.4, -0.2) is 36.5 Å². The number of carbonyl (C=O) groups is 1. The van der Waals surface area contributed by atoms with Crippen molar-refractivity contribution in [3.8, 4) is 0 Å². The second-order valence-corrected chi connectivity index (χ2v) is 10.2. The Morgan fingerprint density at radius 2 is 2.00 bits per heavy atom. The van der Waals surface area contributed by atoms with Crippen LogP contribution in [0.2, 0.25) is 0 Å². The van der Waals surface area contributed by atoms with Crippen LogP contribution in [0, 0.1) is 17.3 Å². The minimum absolute atomic E-state index is 0.133. The molecule has 1 saturated heterocycles. The van der Waals surface area contributed by atoms with Crippen molar-refractivity contribution in [2.45, 2.75) is 104 Å². The Kier molecular flexibility index (Phi) is 5.15. The molecule has 4 rings (SSSR count). The first-order chi connectivity index (χ1) is 12.0. The molecule has 4 aliphatic rings. The number of carbonyl (C=O) groups excluding carboxylic acids is 1. The Balaban J connectivity index is 1.69. The number of alkyl carbamates (subject to hydrolysis) is 1. The lowest BCUT2D eigenvalue weighted by molar-refractivity contribution is -0.199. The van der Waals surface area contributed by atoms with Gasteiger partial charge in [0.2, 0.25) is 0 Å². The lowest BCUT2D eigenvalue weighted by atomic mass is 9.43. The molecule has 1 N–H and O–H groups in total. The van der Waals surface area contributed by atoms with Crippen molar-refractivity contribution in [2.24, 2.45) is 17.3 Å². The van der Waals surface area contributed by atoms with Gasteiger partial charge in [0.1, 0.15) is 5.60 Å². The van der Waals surface area contributed by atoms with E-state index in [4.69, 9.17) is 14.0 Å². The van der Waals surface area contributed by atoms with Crippen LogP contribution in [0.1, 0.15) is 80.6 Å². The monoisotopic (exact) mass is 365 g/mol. The molecule has 0 radical (unpaired) electrons. The van der Waals surface area contributed by atoms with E-state index in [1.54, 1.807) is 0 Å². The molecule has 0 aromatic carbocycles. The number of ether oxygens (including phenoxy) is 1. The van der Waals surface area contributed by atoms with E-state index in [2.05, 4.69) is 33.0 Å². The summed E-state index contributed by atoms with van der Waals surface area (Å²) in [6.45, 7) is 14.7. The van der Waals surface area contributed by atoms with Gasteiger partial charge < -0.3 is 19.4 Å². The van der Waals surface area contributed by atoms with Crippen molar-refractivity contribution in [3.05, 3.63) is 0 Å². The average Bonchev–Trinajstić information content (AvgIpc) is 2.86. The highest BCUT2D eigenvalue weighted by molar-refractivity contribution is 6.47. The highest BCUT2D eigenvalue weighted by atomic mass is 16.7. The van der Waals surface area contributed by atoms with Crippen LogP contribution in [0.15, 0.2) is 0 Å². The molecule has 3 aliphatic carbocycles. The van der Waals surface area contributed by atoms with E-state index < -0.39 is 11.7 Å². The first-order valence-electron chi connectivity index (χ1n) is 10.3. The number of rotatable bonds is 5. The standard InChI is InChI=1S/C20H36BNO4/c1-8-9-10-16(22-17(23)24-18(2,3)4)21-25-15-12-13-11-14(19(13,5)6)20(15,7)26-21/h13-16H,8-12H2,1-7H3,(H,22,23). The minimum Gasteiger partial charge on any atom is -0.444 e. The second kappa shape index (κ2) is 6.70. The first-order valence-corrected chi connectivity index (χ1v) is 10.3. The molecule has 1 heterocycles. The quantitative estimate of drug-likeness (QED) is 0.737. The molecule has 5 unspecified atom stereocenters. The maximum absolute atomic E-state index is 12.3. The maximum atomic E-state index is 12.3. The molecule has 6 heteroatoms. The van der Waals surface area contributed by atoms with E-state index in [0.29, 0.717) is 11.3 Å². The molecular formula is C20H36BNO4. The van der Waals surface area contributed by atoms with Crippen molar-refractivity contribution in [3.63, 3.8) is 0 Å². The van der Waals surface area contributed by atoms with Gasteiger partial charge in [-0.05, 0) is 64.2 Å². The van der Waals surface area contributed by atoms with Crippen LogP contribution in [0.5, 0.6) is 0 Å². The third kappa shape index (κ3) is 3.51. The van der Waals surface area contributed by atoms with Crippen LogP contribution in [0.3, 0.4) is 0 Å². The third-order valence-corrected chi connectivity index (χ3v) is 6.87. The summed E-state index contributed by atoms with van der Waals surface area (Å²) in [5.41, 5.74) is -0.438. The lowest BCUT2D eigenvalue weighted by Gasteiger charge is -2.64. The van der Waals surface area contributed by atoms with Crippen molar-refractivity contribution < 1.29 is 18.8 Å². The number of nitrogens with one attached hydrogen (secondary N) is 1. The van der Waals surface area contributed by atoms with Crippen LogP contribution in [0.25, 0.3) is 0 Å². The van der Waals surface area contributed by atoms with Crippen molar-refractivity contribution in [1.29, 1.82) is 0 Å². The van der Waals surface area contributed by atoms with E-state index in [1.807, 2.05) is 20.8 Å². The molecule has 0 aromatic heterocycles. The summed E-state index contributed by atoms with van der Waals surface area (Å²) >= 11 is 0. The maximum Gasteiger partial charge on any atom is 0.481 e. The van der Waals surface area contributed by atoms with Crippen molar-refractivity contribution in [2.75, 3.05) is 0 Å². The summed E-state index contributed by atoms with van der Waals surface area (Å²) in [6.07, 6.45) is 4.95. The fraction of sp³-hybridized carbons (Fsp3) is 0.950. The summed E-state index contributed by atoms with van der Waals surface area (Å²) < 4.78 is 18.3. The highest BCUT2D eigenvalue weighted by Crippen LogP contribution is 2.65. The molecule has 1 amide bonds. The van der Waals surface area contributed by atoms with Gasteiger partial charge in [-0.3, -0.25) is 0 Å². The smallest absolute Gasteiger partial charge is 0.444 e. The number of unbranched alkanes of at least 4 members (excludes halogenated alkanes) is 1. The highest BCUT2D eigenvalue weighted by Gasteiger charge is 2.68. The third-order valence-electron chi connectivity index (χ3n) is 6.87. The number of hydrogen-bond donors (Lipinski definition) is 1. The molecule has 5 atom stereocenters. The van der Waals surface area contributed by atoms with Gasteiger partial charge >= 0.3 is 13.2 Å². The summed E-state index contributed by atoms with van der Waals surface area (Å²) in [7, 11) is -0.390. The summed E-state index contributed by atoms with van der Waals surface area (Å²) in [4.78, 5) is 12.3. The van der Waals surface area contributed by atoms with E-state index in [1.165, 1.54) is 6.42 Å². The van der Waals surface area contributed by atoms with E-state index in [0.717, 1.165) is 31.6 Å². The normalized spacial score (nSPS) is 36.1. The van der Waals surface area contributed by atoms with Crippen LogP contribution >= 0.6 is 0 Å². The SMILES string of the molecule is CCCCC(NC(=O)OC(C)(C)C)B1OC2CC3CC(C3(C)C)C2(C)O1. The van der Waals surface area contributed by atoms with Crippen LogP contribution in [-0.2, 0) is 14.0 Å². The zero-order chi connectivity index (χ0) is 19.3. The molecule has 148 valence electrons. The largest absolute Gasteiger partial charge is 0.481 e. The molecule has 2 bridgehead atoms. The summed E-state index contributed by atoms with van der Waals surface area (Å²) in [5, 5.41) is 3.02. The topological polar surface area (TPSA) is 56.8 Å². The second-order valence-electron chi connectivity index (χ2n) is 10.2. The Bertz CT molecular complexity index is 546. The average molecular weight is 365 g/mol. The Hall–Kier alpha value is -0.745. The number of hydrogen-bond acceptors (Lipinski definition) is 4. The molecule has 5 nitrogen and oxygen atoms in total. The molecule has 0 spiro atoms. The van der Waals surface area contributed by atoms with E-state index in [9.17, 15) is 4.79 Å². The molecule has 26 heavy (non-hydrogen) atoms. The van der Waals surface area contributed by atoms with Gasteiger partial charge in [0.15, 0.2) is 0 Å². The lowest BCUT2D eigenvalue weighted by Crippen LogP contribution is -2.65. The first kappa shape index (κ1) is 20.0. The van der Waals surface area contributed by atoms with Crippen LogP contribution < -0.4 is 5.32 Å². The minimum atomic E-state index is -0.512. The number of amides is 1. The molecule has 4 fully saturated rings. The van der Waals surface area contributed by atoms with Gasteiger partial charge in [-0.1, -0.05) is 33.6 Å². The molecule has 1 aliphatic heterocycles. The molecule has 0 aromatic rings. The predicted octanol–water partition coefficient (Wildman–Crippen LogP) is 4.34. The molecule has 3 saturated carbocycles. The Labute approximate surface area is 159 Å². The van der Waals surface area contributed by atoms with E-state index >= 15 is 0 Å². The van der Waals surface area contributed by atoms with Gasteiger partial charge in [0.05, 0.1) is 17.6 Å². The zero-order valence-electron chi connectivity index (χ0n) is 17.6.